The van der Waals surface area contributed by atoms with E-state index in [2.05, 4.69) is 51.7 Å². The molecule has 1 aromatic carbocycles. The summed E-state index contributed by atoms with van der Waals surface area (Å²) in [5.74, 6) is 2.33. The molecule has 0 fully saturated rings. The predicted molar refractivity (Wildman–Crippen MR) is 94.0 cm³/mol. The zero-order chi connectivity index (χ0) is 15.1. The summed E-state index contributed by atoms with van der Waals surface area (Å²) in [6.07, 6.45) is 4.53. The van der Waals surface area contributed by atoms with E-state index in [-0.39, 0.29) is 0 Å². The molecule has 0 amide bonds. The first-order chi connectivity index (χ1) is 10.2. The van der Waals surface area contributed by atoms with Gasteiger partial charge in [-0.05, 0) is 53.6 Å². The molecule has 5 heteroatoms. The van der Waals surface area contributed by atoms with Crippen molar-refractivity contribution in [1.29, 1.82) is 0 Å². The van der Waals surface area contributed by atoms with Crippen molar-refractivity contribution in [3.05, 3.63) is 39.7 Å². The van der Waals surface area contributed by atoms with E-state index < -0.39 is 0 Å². The third-order valence-electron chi connectivity index (χ3n) is 2.96. The predicted octanol–water partition coefficient (Wildman–Crippen LogP) is 4.65. The van der Waals surface area contributed by atoms with Crippen molar-refractivity contribution < 1.29 is 4.74 Å². The number of hydrogen-bond acceptors (Lipinski definition) is 4. The molecule has 112 valence electrons. The minimum Gasteiger partial charge on any atom is -0.439 e. The molecule has 21 heavy (non-hydrogen) atoms. The minimum absolute atomic E-state index is 0.646. The second kappa shape index (κ2) is 8.17. The Morgan fingerprint density at radius 3 is 2.76 bits per heavy atom. The van der Waals surface area contributed by atoms with Gasteiger partial charge < -0.3 is 10.1 Å². The molecule has 4 nitrogen and oxygen atoms in total. The van der Waals surface area contributed by atoms with Gasteiger partial charge in [0.2, 0.25) is 5.88 Å². The quantitative estimate of drug-likeness (QED) is 0.692. The lowest BCUT2D eigenvalue weighted by molar-refractivity contribution is 0.454. The number of aromatic nitrogens is 2. The van der Waals surface area contributed by atoms with Crippen LogP contribution in [0.5, 0.6) is 11.6 Å². The van der Waals surface area contributed by atoms with Crippen molar-refractivity contribution in [3.8, 4) is 11.6 Å². The maximum absolute atomic E-state index is 5.97. The molecule has 0 aliphatic heterocycles. The van der Waals surface area contributed by atoms with Crippen LogP contribution in [0.25, 0.3) is 0 Å². The third-order valence-corrected chi connectivity index (χ3v) is 3.63. The maximum Gasteiger partial charge on any atom is 0.227 e. The van der Waals surface area contributed by atoms with Crippen LogP contribution < -0.4 is 10.1 Å². The lowest BCUT2D eigenvalue weighted by atomic mass is 10.1. The van der Waals surface area contributed by atoms with E-state index in [4.69, 9.17) is 4.74 Å². The largest absolute Gasteiger partial charge is 0.439 e. The molecular formula is C16H20IN3O. The van der Waals surface area contributed by atoms with Gasteiger partial charge in [0.1, 0.15) is 17.9 Å². The Kier molecular flexibility index (Phi) is 6.22. The Labute approximate surface area is 139 Å². The standard InChI is InChI=1S/C16H20IN3O/c1-3-6-14-15(18-9-4-2)19-11-20-16(14)21-13-8-5-7-12(17)10-13/h5,7-8,10-11H,3-4,6,9H2,1-2H3,(H,18,19,20). The van der Waals surface area contributed by atoms with Crippen LogP contribution in [0.3, 0.4) is 0 Å². The molecule has 1 N–H and O–H groups in total. The average Bonchev–Trinajstić information content (AvgIpc) is 2.48. The van der Waals surface area contributed by atoms with Gasteiger partial charge in [0.05, 0.1) is 5.56 Å². The maximum atomic E-state index is 5.97. The van der Waals surface area contributed by atoms with Gasteiger partial charge in [-0.15, -0.1) is 0 Å². The number of anilines is 1. The molecule has 1 heterocycles. The lowest BCUT2D eigenvalue weighted by Gasteiger charge is -2.14. The summed E-state index contributed by atoms with van der Waals surface area (Å²) in [4.78, 5) is 8.67. The van der Waals surface area contributed by atoms with Gasteiger partial charge in [0, 0.05) is 10.1 Å². The Bertz CT molecular complexity index is 589. The zero-order valence-electron chi connectivity index (χ0n) is 12.4. The molecule has 0 saturated carbocycles. The van der Waals surface area contributed by atoms with Crippen molar-refractivity contribution in [2.45, 2.75) is 33.1 Å². The van der Waals surface area contributed by atoms with Crippen molar-refractivity contribution in [3.63, 3.8) is 0 Å². The highest BCUT2D eigenvalue weighted by molar-refractivity contribution is 14.1. The number of hydrogen-bond donors (Lipinski definition) is 1. The van der Waals surface area contributed by atoms with Gasteiger partial charge in [0.25, 0.3) is 0 Å². The fourth-order valence-corrected chi connectivity index (χ4v) is 2.51. The van der Waals surface area contributed by atoms with Crippen molar-refractivity contribution in [1.82, 2.24) is 9.97 Å². The van der Waals surface area contributed by atoms with Gasteiger partial charge in [-0.25, -0.2) is 9.97 Å². The highest BCUT2D eigenvalue weighted by atomic mass is 127. The summed E-state index contributed by atoms with van der Waals surface area (Å²) in [6.45, 7) is 5.18. The van der Waals surface area contributed by atoms with Crippen molar-refractivity contribution in [2.24, 2.45) is 0 Å². The highest BCUT2D eigenvalue weighted by Gasteiger charge is 2.12. The highest BCUT2D eigenvalue weighted by Crippen LogP contribution is 2.28. The van der Waals surface area contributed by atoms with E-state index in [1.807, 2.05) is 24.3 Å². The van der Waals surface area contributed by atoms with Crippen molar-refractivity contribution >= 4 is 28.4 Å². The van der Waals surface area contributed by atoms with Crippen LogP contribution in [0.15, 0.2) is 30.6 Å². The molecule has 1 aromatic heterocycles. The molecule has 2 rings (SSSR count). The fraction of sp³-hybridized carbons (Fsp3) is 0.375. The van der Waals surface area contributed by atoms with Crippen LogP contribution >= 0.6 is 22.6 Å². The molecule has 0 aliphatic rings. The van der Waals surface area contributed by atoms with Gasteiger partial charge >= 0.3 is 0 Å². The minimum atomic E-state index is 0.646. The summed E-state index contributed by atoms with van der Waals surface area (Å²) in [6, 6.07) is 7.96. The number of nitrogens with zero attached hydrogens (tertiary/aromatic N) is 2. The molecule has 0 spiro atoms. The van der Waals surface area contributed by atoms with E-state index >= 15 is 0 Å². The zero-order valence-corrected chi connectivity index (χ0v) is 14.6. The normalized spacial score (nSPS) is 10.4. The molecule has 0 saturated heterocycles. The molecule has 0 aliphatic carbocycles. The fourth-order valence-electron chi connectivity index (χ4n) is 2.00. The van der Waals surface area contributed by atoms with E-state index in [1.165, 1.54) is 0 Å². The number of ether oxygens (including phenoxy) is 1. The Morgan fingerprint density at radius 1 is 1.19 bits per heavy atom. The van der Waals surface area contributed by atoms with Gasteiger partial charge in [-0.2, -0.15) is 0 Å². The molecule has 0 atom stereocenters. The van der Waals surface area contributed by atoms with Crippen LogP contribution in [0.1, 0.15) is 32.3 Å². The van der Waals surface area contributed by atoms with Gasteiger partial charge in [0.15, 0.2) is 0 Å². The topological polar surface area (TPSA) is 47.0 Å². The molecule has 0 radical (unpaired) electrons. The second-order valence-electron chi connectivity index (χ2n) is 4.74. The summed E-state index contributed by atoms with van der Waals surface area (Å²) in [5.41, 5.74) is 1.05. The number of halogens is 1. The van der Waals surface area contributed by atoms with Crippen LogP contribution in [-0.2, 0) is 6.42 Å². The molecule has 0 bridgehead atoms. The SMILES string of the molecule is CCCNc1ncnc(Oc2cccc(I)c2)c1CCC. The number of rotatable bonds is 7. The monoisotopic (exact) mass is 397 g/mol. The van der Waals surface area contributed by atoms with E-state index in [0.717, 1.165) is 46.5 Å². The molecular weight excluding hydrogens is 377 g/mol. The van der Waals surface area contributed by atoms with Crippen molar-refractivity contribution in [2.75, 3.05) is 11.9 Å². The van der Waals surface area contributed by atoms with Crippen LogP contribution in [0, 0.1) is 3.57 Å². The first-order valence-electron chi connectivity index (χ1n) is 7.25. The Morgan fingerprint density at radius 2 is 2.05 bits per heavy atom. The van der Waals surface area contributed by atoms with Gasteiger partial charge in [-0.1, -0.05) is 26.3 Å². The Hall–Kier alpha value is -1.37. The van der Waals surface area contributed by atoms with Crippen LogP contribution in [-0.4, -0.2) is 16.5 Å². The molecule has 0 unspecified atom stereocenters. The van der Waals surface area contributed by atoms with Crippen LogP contribution in [0.4, 0.5) is 5.82 Å². The van der Waals surface area contributed by atoms with E-state index in [0.29, 0.717) is 5.88 Å². The summed E-state index contributed by atoms with van der Waals surface area (Å²) >= 11 is 2.27. The first kappa shape index (κ1) is 16.0. The van der Waals surface area contributed by atoms with E-state index in [1.54, 1.807) is 6.33 Å². The van der Waals surface area contributed by atoms with E-state index in [9.17, 15) is 0 Å². The smallest absolute Gasteiger partial charge is 0.227 e. The lowest BCUT2D eigenvalue weighted by Crippen LogP contribution is -2.07. The first-order valence-corrected chi connectivity index (χ1v) is 8.33. The molecule has 2 aromatic rings. The third kappa shape index (κ3) is 4.56. The summed E-state index contributed by atoms with van der Waals surface area (Å²) < 4.78 is 7.11. The summed E-state index contributed by atoms with van der Waals surface area (Å²) in [7, 11) is 0. The Balaban J connectivity index is 2.28. The van der Waals surface area contributed by atoms with Crippen LogP contribution in [0.2, 0.25) is 0 Å². The van der Waals surface area contributed by atoms with Gasteiger partial charge in [-0.3, -0.25) is 0 Å². The summed E-state index contributed by atoms with van der Waals surface area (Å²) in [5, 5.41) is 3.35. The number of benzene rings is 1. The number of nitrogens with one attached hydrogen (secondary N) is 1. The average molecular weight is 397 g/mol. The second-order valence-corrected chi connectivity index (χ2v) is 5.99.